The number of carbonyl (C=O) groups excluding carboxylic acids is 2. The first kappa shape index (κ1) is 17.0. The van der Waals surface area contributed by atoms with Crippen LogP contribution in [0, 0.1) is 0 Å². The van der Waals surface area contributed by atoms with Crippen molar-refractivity contribution in [2.75, 3.05) is 19.7 Å². The Morgan fingerprint density at radius 2 is 1.76 bits per heavy atom. The van der Waals surface area contributed by atoms with Crippen molar-refractivity contribution in [2.24, 2.45) is 0 Å². The van der Waals surface area contributed by atoms with Crippen LogP contribution in [0.1, 0.15) is 23.2 Å². The van der Waals surface area contributed by atoms with Crippen LogP contribution < -0.4 is 10.1 Å². The number of benzene rings is 1. The molecule has 3 rings (SSSR count). The molecule has 0 saturated carbocycles. The second-order valence-electron chi connectivity index (χ2n) is 5.97. The van der Waals surface area contributed by atoms with Crippen LogP contribution >= 0.6 is 0 Å². The number of hydrogen-bond donors (Lipinski definition) is 1. The number of piperidine rings is 1. The minimum Gasteiger partial charge on any atom is -0.484 e. The molecule has 0 atom stereocenters. The molecule has 1 aromatic heterocycles. The average Bonchev–Trinajstić information content (AvgIpc) is 2.68. The maximum Gasteiger partial charge on any atom is 0.258 e. The molecular formula is C19H21N3O3. The quantitative estimate of drug-likeness (QED) is 0.903. The van der Waals surface area contributed by atoms with Crippen molar-refractivity contribution in [2.45, 2.75) is 18.9 Å². The lowest BCUT2D eigenvalue weighted by Gasteiger charge is -2.32. The van der Waals surface area contributed by atoms with Crippen molar-refractivity contribution in [1.29, 1.82) is 0 Å². The summed E-state index contributed by atoms with van der Waals surface area (Å²) in [4.78, 5) is 30.1. The van der Waals surface area contributed by atoms with E-state index in [1.807, 2.05) is 35.2 Å². The van der Waals surface area contributed by atoms with Gasteiger partial charge in [0.25, 0.3) is 11.8 Å². The molecular weight excluding hydrogens is 318 g/mol. The van der Waals surface area contributed by atoms with Crippen LogP contribution in [-0.4, -0.2) is 47.4 Å². The van der Waals surface area contributed by atoms with Crippen molar-refractivity contribution in [3.63, 3.8) is 0 Å². The third kappa shape index (κ3) is 4.79. The van der Waals surface area contributed by atoms with E-state index in [0.717, 1.165) is 12.8 Å². The van der Waals surface area contributed by atoms with Crippen LogP contribution in [0.3, 0.4) is 0 Å². The Morgan fingerprint density at radius 3 is 2.44 bits per heavy atom. The molecule has 2 heterocycles. The molecule has 0 bridgehead atoms. The maximum atomic E-state index is 12.4. The Labute approximate surface area is 146 Å². The number of carbonyl (C=O) groups is 2. The smallest absolute Gasteiger partial charge is 0.258 e. The van der Waals surface area contributed by atoms with Crippen LogP contribution in [0.2, 0.25) is 0 Å². The molecule has 1 fully saturated rings. The third-order valence-electron chi connectivity index (χ3n) is 4.19. The highest BCUT2D eigenvalue weighted by atomic mass is 16.5. The van der Waals surface area contributed by atoms with Crippen molar-refractivity contribution < 1.29 is 14.3 Å². The number of hydrogen-bond acceptors (Lipinski definition) is 4. The average molecular weight is 339 g/mol. The molecule has 1 aliphatic rings. The zero-order valence-electron chi connectivity index (χ0n) is 13.9. The van der Waals surface area contributed by atoms with E-state index in [1.165, 1.54) is 0 Å². The number of nitrogens with zero attached hydrogens (tertiary/aromatic N) is 2. The Bertz CT molecular complexity index is 698. The standard InChI is InChI=1S/C19H21N3O3/c23-18(14-25-17-4-2-1-3-5-17)21-16-8-12-22(13-9-16)19(24)15-6-10-20-11-7-15/h1-7,10-11,16H,8-9,12-14H2,(H,21,23). The molecule has 1 aromatic carbocycles. The molecule has 0 spiro atoms. The van der Waals surface area contributed by atoms with E-state index in [1.54, 1.807) is 24.5 Å². The lowest BCUT2D eigenvalue weighted by molar-refractivity contribution is -0.124. The van der Waals surface area contributed by atoms with Gasteiger partial charge in [0.15, 0.2) is 6.61 Å². The molecule has 6 nitrogen and oxygen atoms in total. The zero-order chi connectivity index (χ0) is 17.5. The molecule has 2 amide bonds. The first-order chi connectivity index (χ1) is 12.2. The fraction of sp³-hybridized carbons (Fsp3) is 0.316. The summed E-state index contributed by atoms with van der Waals surface area (Å²) >= 11 is 0. The van der Waals surface area contributed by atoms with Gasteiger partial charge < -0.3 is 15.0 Å². The number of rotatable bonds is 5. The third-order valence-corrected chi connectivity index (χ3v) is 4.19. The van der Waals surface area contributed by atoms with Gasteiger partial charge in [-0.15, -0.1) is 0 Å². The van der Waals surface area contributed by atoms with Gasteiger partial charge in [-0.3, -0.25) is 14.6 Å². The summed E-state index contributed by atoms with van der Waals surface area (Å²) in [6.45, 7) is 1.26. The molecule has 2 aromatic rings. The van der Waals surface area contributed by atoms with Gasteiger partial charge in [-0.1, -0.05) is 18.2 Å². The van der Waals surface area contributed by atoms with Crippen molar-refractivity contribution in [1.82, 2.24) is 15.2 Å². The second kappa shape index (κ2) is 8.28. The Balaban J connectivity index is 1.41. The zero-order valence-corrected chi connectivity index (χ0v) is 13.9. The van der Waals surface area contributed by atoms with E-state index in [4.69, 9.17) is 4.74 Å². The highest BCUT2D eigenvalue weighted by molar-refractivity contribution is 5.94. The van der Waals surface area contributed by atoms with E-state index >= 15 is 0 Å². The molecule has 0 radical (unpaired) electrons. The fourth-order valence-electron chi connectivity index (χ4n) is 2.84. The summed E-state index contributed by atoms with van der Waals surface area (Å²) in [6.07, 6.45) is 4.72. The second-order valence-corrected chi connectivity index (χ2v) is 5.97. The number of aromatic nitrogens is 1. The predicted octanol–water partition coefficient (Wildman–Crippen LogP) is 1.88. The molecule has 130 valence electrons. The van der Waals surface area contributed by atoms with E-state index in [2.05, 4.69) is 10.3 Å². The van der Waals surface area contributed by atoms with Gasteiger partial charge in [-0.2, -0.15) is 0 Å². The van der Waals surface area contributed by atoms with E-state index in [-0.39, 0.29) is 24.5 Å². The first-order valence-electron chi connectivity index (χ1n) is 8.39. The molecule has 1 saturated heterocycles. The van der Waals surface area contributed by atoms with Gasteiger partial charge in [-0.25, -0.2) is 0 Å². The number of pyridine rings is 1. The van der Waals surface area contributed by atoms with Crippen molar-refractivity contribution >= 4 is 11.8 Å². The van der Waals surface area contributed by atoms with E-state index in [0.29, 0.717) is 24.4 Å². The molecule has 1 N–H and O–H groups in total. The van der Waals surface area contributed by atoms with Crippen LogP contribution in [0.25, 0.3) is 0 Å². The number of nitrogens with one attached hydrogen (secondary N) is 1. The fourth-order valence-corrected chi connectivity index (χ4v) is 2.84. The summed E-state index contributed by atoms with van der Waals surface area (Å²) in [5.74, 6) is 0.553. The van der Waals surface area contributed by atoms with Crippen LogP contribution in [0.5, 0.6) is 5.75 Å². The molecule has 6 heteroatoms. The predicted molar refractivity (Wildman–Crippen MR) is 93.2 cm³/mol. The number of amides is 2. The van der Waals surface area contributed by atoms with Gasteiger partial charge >= 0.3 is 0 Å². The molecule has 25 heavy (non-hydrogen) atoms. The number of ether oxygens (including phenoxy) is 1. The van der Waals surface area contributed by atoms with Crippen molar-refractivity contribution in [3.05, 3.63) is 60.4 Å². The Morgan fingerprint density at radius 1 is 1.08 bits per heavy atom. The number of para-hydroxylation sites is 1. The van der Waals surface area contributed by atoms with Gasteiger partial charge in [-0.05, 0) is 37.1 Å². The summed E-state index contributed by atoms with van der Waals surface area (Å²) in [6, 6.07) is 12.8. The Hall–Kier alpha value is -2.89. The molecule has 0 aliphatic carbocycles. The van der Waals surface area contributed by atoms with Crippen LogP contribution in [-0.2, 0) is 4.79 Å². The summed E-state index contributed by atoms with van der Waals surface area (Å²) in [7, 11) is 0. The monoisotopic (exact) mass is 339 g/mol. The maximum absolute atomic E-state index is 12.4. The lowest BCUT2D eigenvalue weighted by Crippen LogP contribution is -2.47. The van der Waals surface area contributed by atoms with Gasteiger partial charge in [0.2, 0.25) is 0 Å². The lowest BCUT2D eigenvalue weighted by atomic mass is 10.0. The molecule has 0 unspecified atom stereocenters. The SMILES string of the molecule is O=C(COc1ccccc1)NC1CCN(C(=O)c2ccncc2)CC1. The van der Waals surface area contributed by atoms with Crippen molar-refractivity contribution in [3.8, 4) is 5.75 Å². The first-order valence-corrected chi connectivity index (χ1v) is 8.39. The highest BCUT2D eigenvalue weighted by Crippen LogP contribution is 2.14. The Kier molecular flexibility index (Phi) is 5.61. The number of likely N-dealkylation sites (tertiary alicyclic amines) is 1. The van der Waals surface area contributed by atoms with Gasteiger partial charge in [0.1, 0.15) is 5.75 Å². The van der Waals surface area contributed by atoms with Gasteiger partial charge in [0, 0.05) is 37.1 Å². The minimum atomic E-state index is -0.136. The minimum absolute atomic E-state index is 0.000172. The summed E-state index contributed by atoms with van der Waals surface area (Å²) < 4.78 is 5.44. The van der Waals surface area contributed by atoms with Crippen LogP contribution in [0.15, 0.2) is 54.9 Å². The summed E-state index contributed by atoms with van der Waals surface area (Å²) in [5, 5.41) is 2.98. The van der Waals surface area contributed by atoms with E-state index < -0.39 is 0 Å². The topological polar surface area (TPSA) is 71.5 Å². The highest BCUT2D eigenvalue weighted by Gasteiger charge is 2.24. The molecule has 1 aliphatic heterocycles. The normalized spacial score (nSPS) is 14.8. The van der Waals surface area contributed by atoms with Crippen LogP contribution in [0.4, 0.5) is 0 Å². The summed E-state index contributed by atoms with van der Waals surface area (Å²) in [5.41, 5.74) is 0.647. The van der Waals surface area contributed by atoms with Gasteiger partial charge in [0.05, 0.1) is 0 Å². The van der Waals surface area contributed by atoms with E-state index in [9.17, 15) is 9.59 Å². The largest absolute Gasteiger partial charge is 0.484 e.